The summed E-state index contributed by atoms with van der Waals surface area (Å²) in [5.74, 6) is -0.147. The number of fused-ring (bicyclic) bond motifs is 1. The van der Waals surface area contributed by atoms with Gasteiger partial charge in [0.2, 0.25) is 0 Å². The number of rotatable bonds is 2. The molecule has 0 fully saturated rings. The Hall–Kier alpha value is -2.20. The first-order chi connectivity index (χ1) is 9.15. The average molecular weight is 257 g/mol. The van der Waals surface area contributed by atoms with Gasteiger partial charge in [-0.05, 0) is 31.2 Å². The van der Waals surface area contributed by atoms with E-state index in [1.807, 2.05) is 19.1 Å². The minimum Gasteiger partial charge on any atom is -0.455 e. The molecular weight excluding hydrogens is 245 g/mol. The molecule has 0 bridgehead atoms. The molecule has 0 saturated heterocycles. The van der Waals surface area contributed by atoms with Gasteiger partial charge >= 0.3 is 0 Å². The fourth-order valence-electron chi connectivity index (χ4n) is 2.04. The summed E-state index contributed by atoms with van der Waals surface area (Å²) in [6.07, 6.45) is -0.994. The summed E-state index contributed by atoms with van der Waals surface area (Å²) >= 11 is 0. The molecule has 0 amide bonds. The Morgan fingerprint density at radius 1 is 1.21 bits per heavy atom. The fourth-order valence-corrected chi connectivity index (χ4v) is 2.04. The van der Waals surface area contributed by atoms with Crippen molar-refractivity contribution in [1.82, 2.24) is 4.98 Å². The van der Waals surface area contributed by atoms with Gasteiger partial charge in [-0.3, -0.25) is 4.98 Å². The number of para-hydroxylation sites is 1. The van der Waals surface area contributed by atoms with Gasteiger partial charge in [-0.25, -0.2) is 4.39 Å². The summed E-state index contributed by atoms with van der Waals surface area (Å²) in [6, 6.07) is 11.7. The van der Waals surface area contributed by atoms with Gasteiger partial charge in [0, 0.05) is 11.1 Å². The van der Waals surface area contributed by atoms with Crippen molar-refractivity contribution >= 4 is 11.0 Å². The molecule has 0 spiro atoms. The summed E-state index contributed by atoms with van der Waals surface area (Å²) in [5, 5.41) is 10.9. The number of benzene rings is 1. The van der Waals surface area contributed by atoms with Crippen LogP contribution < -0.4 is 0 Å². The maximum atomic E-state index is 13.5. The Labute approximate surface area is 109 Å². The second-order valence-corrected chi connectivity index (χ2v) is 4.41. The van der Waals surface area contributed by atoms with Crippen molar-refractivity contribution in [3.8, 4) is 0 Å². The fraction of sp³-hybridized carbons (Fsp3) is 0.133. The maximum Gasteiger partial charge on any atom is 0.170 e. The Morgan fingerprint density at radius 2 is 2.00 bits per heavy atom. The third kappa shape index (κ3) is 2.11. The average Bonchev–Trinajstić information content (AvgIpc) is 2.83. The quantitative estimate of drug-likeness (QED) is 0.765. The number of aromatic nitrogens is 1. The lowest BCUT2D eigenvalue weighted by Gasteiger charge is -2.07. The van der Waals surface area contributed by atoms with Crippen molar-refractivity contribution in [2.75, 3.05) is 0 Å². The van der Waals surface area contributed by atoms with E-state index < -0.39 is 11.9 Å². The third-order valence-corrected chi connectivity index (χ3v) is 2.97. The van der Waals surface area contributed by atoms with E-state index in [4.69, 9.17) is 4.42 Å². The van der Waals surface area contributed by atoms with E-state index in [0.717, 1.165) is 5.69 Å². The summed E-state index contributed by atoms with van der Waals surface area (Å²) in [6.45, 7) is 1.84. The molecule has 3 nitrogen and oxygen atoms in total. The molecule has 96 valence electrons. The zero-order chi connectivity index (χ0) is 13.4. The van der Waals surface area contributed by atoms with Gasteiger partial charge in [0.1, 0.15) is 5.76 Å². The number of hydrogen-bond donors (Lipinski definition) is 1. The maximum absolute atomic E-state index is 13.5. The highest BCUT2D eigenvalue weighted by Gasteiger charge is 2.18. The molecule has 2 aromatic heterocycles. The number of nitrogens with zero attached hydrogens (tertiary/aromatic N) is 1. The van der Waals surface area contributed by atoms with Crippen molar-refractivity contribution in [2.24, 2.45) is 0 Å². The second-order valence-electron chi connectivity index (χ2n) is 4.41. The van der Waals surface area contributed by atoms with Crippen LogP contribution in [-0.2, 0) is 0 Å². The van der Waals surface area contributed by atoms with Crippen LogP contribution in [0.3, 0.4) is 0 Å². The number of halogens is 1. The van der Waals surface area contributed by atoms with Crippen molar-refractivity contribution < 1.29 is 13.9 Å². The van der Waals surface area contributed by atoms with Crippen LogP contribution >= 0.6 is 0 Å². The summed E-state index contributed by atoms with van der Waals surface area (Å²) in [7, 11) is 0. The zero-order valence-electron chi connectivity index (χ0n) is 10.3. The number of aliphatic hydroxyl groups is 1. The predicted molar refractivity (Wildman–Crippen MR) is 69.2 cm³/mol. The topological polar surface area (TPSA) is 46.3 Å². The minimum atomic E-state index is -0.994. The lowest BCUT2D eigenvalue weighted by Crippen LogP contribution is -2.01. The van der Waals surface area contributed by atoms with Crippen LogP contribution in [-0.4, -0.2) is 10.1 Å². The van der Waals surface area contributed by atoms with Gasteiger partial charge in [0.25, 0.3) is 0 Å². The number of furan rings is 1. The van der Waals surface area contributed by atoms with Gasteiger partial charge in [-0.2, -0.15) is 0 Å². The molecule has 19 heavy (non-hydrogen) atoms. The first kappa shape index (κ1) is 11.9. The second kappa shape index (κ2) is 4.48. The molecule has 3 aromatic rings. The first-order valence-electron chi connectivity index (χ1n) is 5.95. The van der Waals surface area contributed by atoms with Crippen LogP contribution in [0.15, 0.2) is 46.9 Å². The first-order valence-corrected chi connectivity index (χ1v) is 5.95. The van der Waals surface area contributed by atoms with E-state index in [9.17, 15) is 9.50 Å². The van der Waals surface area contributed by atoms with Crippen molar-refractivity contribution in [1.29, 1.82) is 0 Å². The molecule has 1 atom stereocenters. The van der Waals surface area contributed by atoms with Crippen LogP contribution in [0.25, 0.3) is 11.0 Å². The van der Waals surface area contributed by atoms with Crippen LogP contribution in [0.4, 0.5) is 4.39 Å². The van der Waals surface area contributed by atoms with Gasteiger partial charge < -0.3 is 9.52 Å². The molecule has 0 aliphatic carbocycles. The molecule has 4 heteroatoms. The van der Waals surface area contributed by atoms with Gasteiger partial charge in [0.15, 0.2) is 17.5 Å². The van der Waals surface area contributed by atoms with E-state index in [1.54, 1.807) is 24.3 Å². The summed E-state index contributed by atoms with van der Waals surface area (Å²) in [5.41, 5.74) is 1.45. The zero-order valence-corrected chi connectivity index (χ0v) is 10.3. The van der Waals surface area contributed by atoms with Crippen molar-refractivity contribution in [2.45, 2.75) is 13.0 Å². The van der Waals surface area contributed by atoms with Crippen LogP contribution in [0.1, 0.15) is 23.3 Å². The molecular formula is C15H12FNO2. The van der Waals surface area contributed by atoms with Gasteiger partial charge in [-0.15, -0.1) is 0 Å². The lowest BCUT2D eigenvalue weighted by molar-refractivity contribution is 0.187. The van der Waals surface area contributed by atoms with Gasteiger partial charge in [0.05, 0.1) is 5.69 Å². The smallest absolute Gasteiger partial charge is 0.170 e. The Morgan fingerprint density at radius 3 is 2.74 bits per heavy atom. The Bertz CT molecular complexity index is 736. The highest BCUT2D eigenvalue weighted by molar-refractivity contribution is 5.78. The number of pyridine rings is 1. The minimum absolute atomic E-state index is 0.157. The summed E-state index contributed by atoms with van der Waals surface area (Å²) in [4.78, 5) is 4.24. The molecule has 2 heterocycles. The van der Waals surface area contributed by atoms with E-state index in [-0.39, 0.29) is 5.58 Å². The molecule has 3 rings (SSSR count). The summed E-state index contributed by atoms with van der Waals surface area (Å²) < 4.78 is 18.9. The van der Waals surface area contributed by atoms with Crippen LogP contribution in [0, 0.1) is 12.7 Å². The molecule has 1 unspecified atom stereocenters. The molecule has 0 radical (unpaired) electrons. The normalized spacial score (nSPS) is 12.8. The SMILES string of the molecule is Cc1cccc(C(O)c2cc3cccc(F)c3o2)n1. The third-order valence-electron chi connectivity index (χ3n) is 2.97. The molecule has 0 aliphatic rings. The number of hydrogen-bond acceptors (Lipinski definition) is 3. The van der Waals surface area contributed by atoms with Crippen molar-refractivity contribution in [3.63, 3.8) is 0 Å². The van der Waals surface area contributed by atoms with Crippen LogP contribution in [0.5, 0.6) is 0 Å². The Kier molecular flexibility index (Phi) is 2.80. The van der Waals surface area contributed by atoms with Crippen LogP contribution in [0.2, 0.25) is 0 Å². The molecule has 0 aliphatic heterocycles. The molecule has 0 saturated carbocycles. The highest BCUT2D eigenvalue weighted by atomic mass is 19.1. The standard InChI is InChI=1S/C15H12FNO2/c1-9-4-2-7-12(17-9)14(18)13-8-10-5-3-6-11(16)15(10)19-13/h2-8,14,18H,1H3. The molecule has 1 aromatic carbocycles. The lowest BCUT2D eigenvalue weighted by atomic mass is 10.1. The predicted octanol–water partition coefficient (Wildman–Crippen LogP) is 3.36. The van der Waals surface area contributed by atoms with E-state index in [0.29, 0.717) is 16.8 Å². The van der Waals surface area contributed by atoms with Gasteiger partial charge in [-0.1, -0.05) is 18.2 Å². The van der Waals surface area contributed by atoms with E-state index in [2.05, 4.69) is 4.98 Å². The number of aliphatic hydroxyl groups excluding tert-OH is 1. The Balaban J connectivity index is 2.06. The van der Waals surface area contributed by atoms with Crippen molar-refractivity contribution in [3.05, 3.63) is 65.4 Å². The molecule has 1 N–H and O–H groups in total. The highest BCUT2D eigenvalue weighted by Crippen LogP contribution is 2.28. The number of aryl methyl sites for hydroxylation is 1. The largest absolute Gasteiger partial charge is 0.455 e. The monoisotopic (exact) mass is 257 g/mol. The van der Waals surface area contributed by atoms with E-state index >= 15 is 0 Å². The van der Waals surface area contributed by atoms with E-state index in [1.165, 1.54) is 6.07 Å².